The Bertz CT molecular complexity index is 457. The number of nitrogens with zero attached hydrogens (tertiary/aromatic N) is 1. The average Bonchev–Trinajstić information content (AvgIpc) is 3.12. The number of carbonyl (C=O) groups is 1. The maximum atomic E-state index is 11.5. The number of anilines is 2. The van der Waals surface area contributed by atoms with Crippen molar-refractivity contribution in [3.05, 3.63) is 0 Å². The summed E-state index contributed by atoms with van der Waals surface area (Å²) in [7, 11) is 0. The van der Waals surface area contributed by atoms with Gasteiger partial charge in [0.1, 0.15) is 0 Å². The molecule has 1 aromatic rings. The standard InChI is InChI=1S/C13H22N4O2S/c1-8(2)19-11-12(14)17-20-13(11)15-7-3-4-10(18)16-9-5-6-9/h8-9,15H,3-7H2,1-2H3,(H2,14,17)(H,16,18). The molecule has 0 atom stereocenters. The van der Waals surface area contributed by atoms with E-state index in [-0.39, 0.29) is 12.0 Å². The lowest BCUT2D eigenvalue weighted by atomic mass is 10.3. The molecule has 112 valence electrons. The Balaban J connectivity index is 1.71. The Morgan fingerprint density at radius 1 is 1.55 bits per heavy atom. The van der Waals surface area contributed by atoms with E-state index in [4.69, 9.17) is 10.5 Å². The van der Waals surface area contributed by atoms with Crippen molar-refractivity contribution in [1.82, 2.24) is 9.69 Å². The fourth-order valence-corrected chi connectivity index (χ4v) is 2.41. The van der Waals surface area contributed by atoms with Crippen LogP contribution in [0.5, 0.6) is 5.75 Å². The maximum absolute atomic E-state index is 11.5. The zero-order valence-electron chi connectivity index (χ0n) is 11.9. The Kier molecular flexibility index (Phi) is 5.05. The highest BCUT2D eigenvalue weighted by Crippen LogP contribution is 2.35. The van der Waals surface area contributed by atoms with Crippen molar-refractivity contribution in [2.45, 2.75) is 51.7 Å². The van der Waals surface area contributed by atoms with Gasteiger partial charge in [-0.3, -0.25) is 4.79 Å². The van der Waals surface area contributed by atoms with Gasteiger partial charge in [-0.2, -0.15) is 4.37 Å². The highest BCUT2D eigenvalue weighted by Gasteiger charge is 2.22. The van der Waals surface area contributed by atoms with Crippen LogP contribution in [0.15, 0.2) is 0 Å². The highest BCUT2D eigenvalue weighted by molar-refractivity contribution is 7.11. The van der Waals surface area contributed by atoms with E-state index in [9.17, 15) is 4.79 Å². The van der Waals surface area contributed by atoms with E-state index in [1.807, 2.05) is 13.8 Å². The molecule has 1 amide bonds. The van der Waals surface area contributed by atoms with Crippen LogP contribution in [0.1, 0.15) is 39.5 Å². The monoisotopic (exact) mass is 298 g/mol. The third-order valence-electron chi connectivity index (χ3n) is 2.84. The van der Waals surface area contributed by atoms with Gasteiger partial charge in [-0.25, -0.2) is 0 Å². The zero-order valence-corrected chi connectivity index (χ0v) is 12.8. The summed E-state index contributed by atoms with van der Waals surface area (Å²) in [5.41, 5.74) is 5.77. The molecule has 4 N–H and O–H groups in total. The summed E-state index contributed by atoms with van der Waals surface area (Å²) >= 11 is 1.29. The number of hydrogen-bond donors (Lipinski definition) is 3. The number of aromatic nitrogens is 1. The fraction of sp³-hybridized carbons (Fsp3) is 0.692. The summed E-state index contributed by atoms with van der Waals surface area (Å²) < 4.78 is 9.72. The number of amides is 1. The number of nitrogen functional groups attached to an aromatic ring is 1. The summed E-state index contributed by atoms with van der Waals surface area (Å²) in [5.74, 6) is 1.17. The Morgan fingerprint density at radius 3 is 2.95 bits per heavy atom. The molecule has 20 heavy (non-hydrogen) atoms. The Morgan fingerprint density at radius 2 is 2.30 bits per heavy atom. The van der Waals surface area contributed by atoms with Crippen LogP contribution < -0.4 is 21.1 Å². The fourth-order valence-electron chi connectivity index (χ4n) is 1.73. The van der Waals surface area contributed by atoms with Gasteiger partial charge in [-0.1, -0.05) is 0 Å². The second-order valence-corrected chi connectivity index (χ2v) is 6.04. The molecule has 0 aromatic carbocycles. The van der Waals surface area contributed by atoms with E-state index in [1.54, 1.807) is 0 Å². The topological polar surface area (TPSA) is 89.3 Å². The second kappa shape index (κ2) is 6.78. The molecule has 2 rings (SSSR count). The van der Waals surface area contributed by atoms with Crippen LogP contribution >= 0.6 is 11.5 Å². The molecule has 1 aromatic heterocycles. The first kappa shape index (κ1) is 14.9. The highest BCUT2D eigenvalue weighted by atomic mass is 32.1. The largest absolute Gasteiger partial charge is 0.484 e. The van der Waals surface area contributed by atoms with Crippen molar-refractivity contribution >= 4 is 28.3 Å². The molecular formula is C13H22N4O2S. The molecule has 0 radical (unpaired) electrons. The lowest BCUT2D eigenvalue weighted by Gasteiger charge is -2.11. The summed E-state index contributed by atoms with van der Waals surface area (Å²) in [4.78, 5) is 11.5. The van der Waals surface area contributed by atoms with Crippen molar-refractivity contribution in [3.8, 4) is 5.75 Å². The van der Waals surface area contributed by atoms with Crippen LogP contribution in [0.25, 0.3) is 0 Å². The number of nitrogens with two attached hydrogens (primary N) is 1. The number of carbonyl (C=O) groups excluding carboxylic acids is 1. The van der Waals surface area contributed by atoms with Crippen molar-refractivity contribution in [3.63, 3.8) is 0 Å². The smallest absolute Gasteiger partial charge is 0.220 e. The molecule has 1 fully saturated rings. The molecule has 1 heterocycles. The van der Waals surface area contributed by atoms with Crippen molar-refractivity contribution in [1.29, 1.82) is 0 Å². The second-order valence-electron chi connectivity index (χ2n) is 5.26. The van der Waals surface area contributed by atoms with Gasteiger partial charge in [0.15, 0.2) is 16.6 Å². The molecular weight excluding hydrogens is 276 g/mol. The van der Waals surface area contributed by atoms with Crippen molar-refractivity contribution < 1.29 is 9.53 Å². The molecule has 6 nitrogen and oxygen atoms in total. The normalized spacial score (nSPS) is 14.3. The van der Waals surface area contributed by atoms with Gasteiger partial charge in [0, 0.05) is 19.0 Å². The minimum Gasteiger partial charge on any atom is -0.484 e. The summed E-state index contributed by atoms with van der Waals surface area (Å²) in [6.45, 7) is 4.60. The van der Waals surface area contributed by atoms with E-state index in [0.717, 1.165) is 24.3 Å². The number of hydrogen-bond acceptors (Lipinski definition) is 6. The third-order valence-corrected chi connectivity index (χ3v) is 3.64. The third kappa shape index (κ3) is 4.56. The van der Waals surface area contributed by atoms with Gasteiger partial charge in [-0.15, -0.1) is 0 Å². The van der Waals surface area contributed by atoms with Gasteiger partial charge in [-0.05, 0) is 44.6 Å². The van der Waals surface area contributed by atoms with Crippen LogP contribution in [0, 0.1) is 0 Å². The molecule has 0 saturated heterocycles. The van der Waals surface area contributed by atoms with Gasteiger partial charge in [0.25, 0.3) is 0 Å². The van der Waals surface area contributed by atoms with Crippen LogP contribution in [-0.2, 0) is 4.79 Å². The first-order valence-electron chi connectivity index (χ1n) is 7.01. The van der Waals surface area contributed by atoms with E-state index >= 15 is 0 Å². The van der Waals surface area contributed by atoms with E-state index in [1.165, 1.54) is 11.5 Å². The van der Waals surface area contributed by atoms with Crippen LogP contribution in [0.4, 0.5) is 10.8 Å². The molecule has 1 aliphatic rings. The molecule has 0 bridgehead atoms. The molecule has 0 unspecified atom stereocenters. The van der Waals surface area contributed by atoms with E-state index < -0.39 is 0 Å². The lowest BCUT2D eigenvalue weighted by molar-refractivity contribution is -0.121. The summed E-state index contributed by atoms with van der Waals surface area (Å²) in [6.07, 6.45) is 3.62. The van der Waals surface area contributed by atoms with Crippen LogP contribution in [0.3, 0.4) is 0 Å². The number of ether oxygens (including phenoxy) is 1. The van der Waals surface area contributed by atoms with Gasteiger partial charge in [0.2, 0.25) is 5.91 Å². The molecule has 0 spiro atoms. The van der Waals surface area contributed by atoms with E-state index in [2.05, 4.69) is 15.0 Å². The molecule has 1 aliphatic carbocycles. The SMILES string of the molecule is CC(C)Oc1c(N)nsc1NCCCC(=O)NC1CC1. The number of rotatable bonds is 8. The molecule has 0 aliphatic heterocycles. The zero-order chi connectivity index (χ0) is 14.5. The van der Waals surface area contributed by atoms with Crippen LogP contribution in [0.2, 0.25) is 0 Å². The Labute approximate surface area is 123 Å². The summed E-state index contributed by atoms with van der Waals surface area (Å²) in [5, 5.41) is 7.04. The van der Waals surface area contributed by atoms with Gasteiger partial charge < -0.3 is 21.1 Å². The van der Waals surface area contributed by atoms with Gasteiger partial charge in [0.05, 0.1) is 6.10 Å². The first-order chi connectivity index (χ1) is 9.56. The first-order valence-corrected chi connectivity index (χ1v) is 7.78. The predicted molar refractivity (Wildman–Crippen MR) is 81.2 cm³/mol. The summed E-state index contributed by atoms with van der Waals surface area (Å²) in [6, 6.07) is 0.433. The van der Waals surface area contributed by atoms with E-state index in [0.29, 0.717) is 30.6 Å². The average molecular weight is 298 g/mol. The Hall–Kier alpha value is -1.50. The van der Waals surface area contributed by atoms with Gasteiger partial charge >= 0.3 is 0 Å². The lowest BCUT2D eigenvalue weighted by Crippen LogP contribution is -2.25. The minimum atomic E-state index is 0.0542. The van der Waals surface area contributed by atoms with Crippen molar-refractivity contribution in [2.75, 3.05) is 17.6 Å². The number of nitrogens with one attached hydrogen (secondary N) is 2. The quantitative estimate of drug-likeness (QED) is 0.639. The minimum absolute atomic E-state index is 0.0542. The van der Waals surface area contributed by atoms with Crippen molar-refractivity contribution in [2.24, 2.45) is 0 Å². The molecule has 1 saturated carbocycles. The molecule has 7 heteroatoms. The van der Waals surface area contributed by atoms with Crippen LogP contribution in [-0.4, -0.2) is 29.0 Å². The predicted octanol–water partition coefficient (Wildman–Crippen LogP) is 1.98. The maximum Gasteiger partial charge on any atom is 0.220 e.